The third-order valence-corrected chi connectivity index (χ3v) is 8.37. The van der Waals surface area contributed by atoms with Gasteiger partial charge in [0.05, 0.1) is 24.8 Å². The zero-order chi connectivity index (χ0) is 44.5. The van der Waals surface area contributed by atoms with Crippen LogP contribution in [0.4, 0.5) is 0 Å². The average molecular weight is 909 g/mol. The van der Waals surface area contributed by atoms with E-state index in [0.717, 1.165) is 0 Å². The molecule has 57 heavy (non-hydrogen) atoms. The van der Waals surface area contributed by atoms with E-state index in [2.05, 4.69) is 0 Å². The topological polar surface area (TPSA) is 577 Å². The number of aliphatic hydroxyl groups is 7. The van der Waals surface area contributed by atoms with E-state index in [1.165, 1.54) is 0 Å². The van der Waals surface area contributed by atoms with E-state index < -0.39 is 154 Å². The summed E-state index contributed by atoms with van der Waals surface area (Å²) in [5.41, 5.74) is 35.6. The van der Waals surface area contributed by atoms with Crippen LogP contribution in [0.5, 0.6) is 0 Å². The van der Waals surface area contributed by atoms with E-state index in [9.17, 15) is 35.7 Å². The highest BCUT2D eigenvalue weighted by atomic mass is 32.3. The van der Waals surface area contributed by atoms with Crippen molar-refractivity contribution >= 4 is 31.2 Å². The second-order valence-corrected chi connectivity index (χ2v) is 15.3. The monoisotopic (exact) mass is 908 g/mol. The largest absolute Gasteiger partial charge is 0.394 e. The highest BCUT2D eigenvalue weighted by Gasteiger charge is 2.54. The van der Waals surface area contributed by atoms with Gasteiger partial charge in [0, 0.05) is 25.2 Å². The molecule has 0 aromatic heterocycles. The molecule has 3 aliphatic heterocycles. The molecule has 1 saturated carbocycles. The maximum atomic E-state index is 11.1. The number of hydrogen-bond acceptors (Lipinski definition) is 25. The molecule has 25 N–H and O–H groups in total. The van der Waals surface area contributed by atoms with Crippen LogP contribution in [0.3, 0.4) is 0 Å². The summed E-state index contributed by atoms with van der Waals surface area (Å²) in [5, 5.41) is 73.0. The van der Waals surface area contributed by atoms with Crippen molar-refractivity contribution in [3.8, 4) is 0 Å². The van der Waals surface area contributed by atoms with E-state index >= 15 is 0 Å². The highest BCUT2D eigenvalue weighted by Crippen LogP contribution is 2.34. The molecule has 0 amide bonds. The molecule has 4 aliphatic rings. The fourth-order valence-corrected chi connectivity index (χ4v) is 5.74. The molecule has 4 rings (SSSR count). The van der Waals surface area contributed by atoms with Crippen LogP contribution < -0.4 is 34.4 Å². The quantitative estimate of drug-likeness (QED) is 0.0955. The van der Waals surface area contributed by atoms with E-state index in [4.69, 9.17) is 115 Å². The summed E-state index contributed by atoms with van der Waals surface area (Å²) in [5.74, 6) is 0. The molecule has 19 unspecified atom stereocenters. The molecule has 1 aliphatic carbocycles. The molecule has 0 spiro atoms. The first-order chi connectivity index (χ1) is 25.8. The van der Waals surface area contributed by atoms with Crippen LogP contribution in [-0.4, -0.2) is 224 Å². The Bertz CT molecular complexity index is 1440. The van der Waals surface area contributed by atoms with Crippen molar-refractivity contribution in [1.82, 2.24) is 0 Å². The molecule has 34 heteroatoms. The molecule has 0 radical (unpaired) electrons. The lowest BCUT2D eigenvalue weighted by Crippen LogP contribution is -2.68. The Hall–Kier alpha value is -1.15. The normalized spacial score (nSPS) is 42.7. The van der Waals surface area contributed by atoms with Crippen LogP contribution in [0.25, 0.3) is 0 Å². The lowest BCUT2D eigenvalue weighted by atomic mass is 9.84. The summed E-state index contributed by atoms with van der Waals surface area (Å²) in [6, 6.07) is -4.18. The van der Waals surface area contributed by atoms with Crippen LogP contribution in [0.15, 0.2) is 0 Å². The maximum absolute atomic E-state index is 11.1. The first-order valence-electron chi connectivity index (χ1n) is 16.0. The number of rotatable bonds is 9. The molecular weight excluding hydrogens is 856 g/mol. The third kappa shape index (κ3) is 17.8. The van der Waals surface area contributed by atoms with Gasteiger partial charge in [-0.3, -0.25) is 27.3 Å². The van der Waals surface area contributed by atoms with Gasteiger partial charge in [0.15, 0.2) is 18.9 Å². The van der Waals surface area contributed by atoms with Crippen LogP contribution in [0.2, 0.25) is 0 Å². The standard InChI is InChI=1S/C23H46N6O13.3H2O4S/c24-2-7-13(32)15(34)10(28)21(37-7)40-18-6(27)1-5(26)12(31)20(18)42-23-17(36)19(9(4-30)39-23)41-22-11(29)16(35)14(33)8(3-25)38-22;3*1-5(2,3)4/h5-23,30-36H,1-4,24-29H2;3*(H2,1,2,3,4). The summed E-state index contributed by atoms with van der Waals surface area (Å²) >= 11 is 0. The Morgan fingerprint density at radius 3 is 1.16 bits per heavy atom. The van der Waals surface area contributed by atoms with E-state index in [-0.39, 0.29) is 19.5 Å². The Morgan fingerprint density at radius 2 is 0.807 bits per heavy atom. The van der Waals surface area contributed by atoms with Crippen molar-refractivity contribution in [2.24, 2.45) is 34.4 Å². The zero-order valence-electron chi connectivity index (χ0n) is 29.2. The van der Waals surface area contributed by atoms with E-state index in [1.807, 2.05) is 0 Å². The summed E-state index contributed by atoms with van der Waals surface area (Å²) in [4.78, 5) is 0. The maximum Gasteiger partial charge on any atom is 0.394 e. The minimum atomic E-state index is -4.67. The van der Waals surface area contributed by atoms with Gasteiger partial charge < -0.3 is 98.6 Å². The fraction of sp³-hybridized carbons (Fsp3) is 1.00. The highest BCUT2D eigenvalue weighted by molar-refractivity contribution is 7.80. The van der Waals surface area contributed by atoms with Crippen molar-refractivity contribution in [1.29, 1.82) is 0 Å². The first-order valence-corrected chi connectivity index (χ1v) is 20.2. The molecule has 4 fully saturated rings. The second kappa shape index (κ2) is 22.6. The van der Waals surface area contributed by atoms with Gasteiger partial charge in [0.2, 0.25) is 0 Å². The van der Waals surface area contributed by atoms with E-state index in [0.29, 0.717) is 0 Å². The van der Waals surface area contributed by atoms with Gasteiger partial charge in [-0.05, 0) is 6.42 Å². The average Bonchev–Trinajstić information content (AvgIpc) is 3.36. The molecule has 3 heterocycles. The predicted octanol–water partition coefficient (Wildman–Crippen LogP) is -10.9. The van der Waals surface area contributed by atoms with Gasteiger partial charge in [0.1, 0.15) is 67.1 Å². The minimum absolute atomic E-state index is 0.0889. The number of hydrogen-bond donors (Lipinski definition) is 19. The molecule has 0 aromatic rings. The summed E-state index contributed by atoms with van der Waals surface area (Å²) < 4.78 is 129. The lowest BCUT2D eigenvalue weighted by Gasteiger charge is -2.47. The predicted molar refractivity (Wildman–Crippen MR) is 181 cm³/mol. The molecule has 342 valence electrons. The summed E-state index contributed by atoms with van der Waals surface area (Å²) in [7, 11) is -14.0. The first kappa shape index (κ1) is 53.9. The summed E-state index contributed by atoms with van der Waals surface area (Å²) in [6.45, 7) is -0.967. The van der Waals surface area contributed by atoms with Gasteiger partial charge >= 0.3 is 31.2 Å². The van der Waals surface area contributed by atoms with Crippen molar-refractivity contribution in [3.63, 3.8) is 0 Å². The number of ether oxygens (including phenoxy) is 6. The minimum Gasteiger partial charge on any atom is -0.394 e. The van der Waals surface area contributed by atoms with Crippen molar-refractivity contribution in [3.05, 3.63) is 0 Å². The smallest absolute Gasteiger partial charge is 0.394 e. The van der Waals surface area contributed by atoms with Crippen molar-refractivity contribution in [2.75, 3.05) is 19.7 Å². The Labute approximate surface area is 324 Å². The second-order valence-electron chi connectivity index (χ2n) is 12.6. The van der Waals surface area contributed by atoms with Gasteiger partial charge in [-0.25, -0.2) is 0 Å². The molecular formula is C23H52N6O25S3. The molecule has 0 bridgehead atoms. The SMILES string of the molecule is NCC1OC(OC2C(CO)OC(OC3C(O)C(N)CC(N)C3OC3OC(CN)C(O)C(O)C3N)C2O)C(N)C(O)C1O.O=S(=O)(O)O.O=S(=O)(O)O.O=S(=O)(O)O. The Morgan fingerprint density at radius 1 is 0.474 bits per heavy atom. The number of nitrogens with two attached hydrogens (primary N) is 6. The molecule has 31 nitrogen and oxygen atoms in total. The van der Waals surface area contributed by atoms with Crippen LogP contribution in [0.1, 0.15) is 6.42 Å². The van der Waals surface area contributed by atoms with Gasteiger partial charge in [-0.2, -0.15) is 25.3 Å². The molecule has 3 saturated heterocycles. The number of aliphatic hydroxyl groups excluding tert-OH is 7. The van der Waals surface area contributed by atoms with Crippen LogP contribution >= 0.6 is 0 Å². The Balaban J connectivity index is 0.000000921. The van der Waals surface area contributed by atoms with Gasteiger partial charge in [-0.15, -0.1) is 0 Å². The van der Waals surface area contributed by atoms with Crippen molar-refractivity contribution < 1.29 is 117 Å². The fourth-order valence-electron chi connectivity index (χ4n) is 5.74. The molecule has 0 aromatic carbocycles. The Kier molecular flexibility index (Phi) is 21.4. The molecule has 19 atom stereocenters. The third-order valence-electron chi connectivity index (χ3n) is 8.37. The van der Waals surface area contributed by atoms with Crippen molar-refractivity contribution in [2.45, 2.75) is 123 Å². The van der Waals surface area contributed by atoms with Gasteiger partial charge in [0.25, 0.3) is 0 Å². The lowest BCUT2D eigenvalue weighted by molar-refractivity contribution is -0.306. The van der Waals surface area contributed by atoms with Crippen LogP contribution in [0, 0.1) is 0 Å². The summed E-state index contributed by atoms with van der Waals surface area (Å²) in [6.07, 6.45) is -19.8. The van der Waals surface area contributed by atoms with E-state index in [1.54, 1.807) is 0 Å². The zero-order valence-corrected chi connectivity index (χ0v) is 31.6. The van der Waals surface area contributed by atoms with Crippen LogP contribution in [-0.2, 0) is 59.6 Å². The van der Waals surface area contributed by atoms with Gasteiger partial charge in [-0.1, -0.05) is 0 Å².